The number of carbonyl (C=O) groups is 2. The van der Waals surface area contributed by atoms with Crippen LogP contribution in [0.15, 0.2) is 36.9 Å². The first-order valence-corrected chi connectivity index (χ1v) is 7.06. The van der Waals surface area contributed by atoms with Gasteiger partial charge in [-0.25, -0.2) is 0 Å². The third-order valence-electron chi connectivity index (χ3n) is 3.37. The molecule has 0 aromatic heterocycles. The van der Waals surface area contributed by atoms with Gasteiger partial charge in [-0.2, -0.15) is 0 Å². The Morgan fingerprint density at radius 3 is 2.77 bits per heavy atom. The summed E-state index contributed by atoms with van der Waals surface area (Å²) in [5, 5.41) is 8.94. The maximum Gasteiger partial charge on any atom is 0.305 e. The predicted molar refractivity (Wildman–Crippen MR) is 80.0 cm³/mol. The average Bonchev–Trinajstić information content (AvgIpc) is 2.53. The summed E-state index contributed by atoms with van der Waals surface area (Å²) in [6, 6.07) is 6.34. The highest BCUT2D eigenvalue weighted by Crippen LogP contribution is 2.18. The van der Waals surface area contributed by atoms with Crippen molar-refractivity contribution in [3.05, 3.63) is 42.5 Å². The highest BCUT2D eigenvalue weighted by atomic mass is 16.5. The molecule has 1 amide bonds. The Morgan fingerprint density at radius 1 is 1.41 bits per heavy atom. The molecule has 1 heterocycles. The van der Waals surface area contributed by atoms with Crippen molar-refractivity contribution >= 4 is 11.9 Å². The normalized spacial score (nSPS) is 17.8. The van der Waals surface area contributed by atoms with E-state index < -0.39 is 12.0 Å². The Hall–Kier alpha value is -2.34. The van der Waals surface area contributed by atoms with Crippen LogP contribution in [0, 0.1) is 0 Å². The molecule has 1 aromatic rings. The number of carboxylic acid groups (broad SMARTS) is 1. The van der Waals surface area contributed by atoms with E-state index in [1.807, 2.05) is 0 Å². The van der Waals surface area contributed by atoms with Gasteiger partial charge in [0.25, 0.3) is 5.91 Å². The van der Waals surface area contributed by atoms with Gasteiger partial charge >= 0.3 is 5.97 Å². The molecule has 1 aliphatic heterocycles. The van der Waals surface area contributed by atoms with Crippen LogP contribution in [0.2, 0.25) is 0 Å². The number of benzene rings is 1. The van der Waals surface area contributed by atoms with Crippen molar-refractivity contribution in [2.24, 2.45) is 0 Å². The molecule has 6 nitrogen and oxygen atoms in total. The van der Waals surface area contributed by atoms with Crippen molar-refractivity contribution in [1.29, 1.82) is 0 Å². The summed E-state index contributed by atoms with van der Waals surface area (Å²) < 4.78 is 10.6. The number of aliphatic carboxylic acids is 1. The van der Waals surface area contributed by atoms with Crippen LogP contribution in [0.1, 0.15) is 16.8 Å². The second kappa shape index (κ2) is 7.61. The molecular formula is C16H19NO5. The van der Waals surface area contributed by atoms with Crippen LogP contribution < -0.4 is 4.74 Å². The lowest BCUT2D eigenvalue weighted by atomic mass is 10.1. The van der Waals surface area contributed by atoms with Crippen LogP contribution >= 0.6 is 0 Å². The van der Waals surface area contributed by atoms with Crippen LogP contribution in [-0.4, -0.2) is 54.3 Å². The molecule has 1 aliphatic rings. The summed E-state index contributed by atoms with van der Waals surface area (Å²) in [6.07, 6.45) is 1.52. The van der Waals surface area contributed by atoms with E-state index >= 15 is 0 Å². The molecule has 1 N–H and O–H groups in total. The lowest BCUT2D eigenvalue weighted by Crippen LogP contribution is -2.49. The van der Waals surface area contributed by atoms with Gasteiger partial charge in [0, 0.05) is 12.1 Å². The topological polar surface area (TPSA) is 76.1 Å². The fourth-order valence-electron chi connectivity index (χ4n) is 2.31. The highest BCUT2D eigenvalue weighted by molar-refractivity contribution is 5.94. The molecule has 0 spiro atoms. The van der Waals surface area contributed by atoms with Gasteiger partial charge in [0.1, 0.15) is 12.4 Å². The smallest absolute Gasteiger partial charge is 0.305 e. The van der Waals surface area contributed by atoms with Gasteiger partial charge in [-0.1, -0.05) is 12.7 Å². The Labute approximate surface area is 128 Å². The lowest BCUT2D eigenvalue weighted by Gasteiger charge is -2.34. The number of nitrogens with zero attached hydrogens (tertiary/aromatic N) is 1. The molecule has 22 heavy (non-hydrogen) atoms. The van der Waals surface area contributed by atoms with Gasteiger partial charge in [-0.15, -0.1) is 0 Å². The van der Waals surface area contributed by atoms with Crippen LogP contribution in [0.5, 0.6) is 5.75 Å². The minimum atomic E-state index is -0.943. The molecule has 1 fully saturated rings. The Kier molecular flexibility index (Phi) is 5.55. The minimum absolute atomic E-state index is 0.119. The number of carboxylic acids is 1. The van der Waals surface area contributed by atoms with Crippen LogP contribution in [0.25, 0.3) is 0 Å². The summed E-state index contributed by atoms with van der Waals surface area (Å²) in [7, 11) is 0. The van der Waals surface area contributed by atoms with Gasteiger partial charge in [0.05, 0.1) is 25.7 Å². The zero-order valence-corrected chi connectivity index (χ0v) is 12.2. The van der Waals surface area contributed by atoms with E-state index in [4.69, 9.17) is 14.6 Å². The second-order valence-electron chi connectivity index (χ2n) is 4.95. The van der Waals surface area contributed by atoms with Gasteiger partial charge < -0.3 is 19.5 Å². The largest absolute Gasteiger partial charge is 0.490 e. The van der Waals surface area contributed by atoms with Crippen molar-refractivity contribution in [2.75, 3.05) is 26.4 Å². The number of ether oxygens (including phenoxy) is 2. The summed E-state index contributed by atoms with van der Waals surface area (Å²) in [4.78, 5) is 25.0. The first-order chi connectivity index (χ1) is 10.6. The number of rotatable bonds is 6. The minimum Gasteiger partial charge on any atom is -0.490 e. The van der Waals surface area contributed by atoms with Gasteiger partial charge in [0.2, 0.25) is 0 Å². The number of morpholine rings is 1. The van der Waals surface area contributed by atoms with E-state index in [0.717, 1.165) is 0 Å². The molecule has 0 radical (unpaired) electrons. The molecule has 0 saturated carbocycles. The van der Waals surface area contributed by atoms with Crippen molar-refractivity contribution in [3.63, 3.8) is 0 Å². The quantitative estimate of drug-likeness (QED) is 0.807. The van der Waals surface area contributed by atoms with E-state index in [1.54, 1.807) is 35.2 Å². The fraction of sp³-hybridized carbons (Fsp3) is 0.375. The summed E-state index contributed by atoms with van der Waals surface area (Å²) in [5.41, 5.74) is 0.503. The summed E-state index contributed by atoms with van der Waals surface area (Å²) >= 11 is 0. The standard InChI is InChI=1S/C16H19NO5/c1-2-8-22-14-5-3-12(4-6-14)16(20)17-7-9-21-11-13(17)10-15(18)19/h2-6,13H,1,7-11H2,(H,18,19). The second-order valence-corrected chi connectivity index (χ2v) is 4.95. The van der Waals surface area contributed by atoms with Crippen molar-refractivity contribution in [3.8, 4) is 5.75 Å². The monoisotopic (exact) mass is 305 g/mol. The third kappa shape index (κ3) is 4.08. The van der Waals surface area contributed by atoms with Gasteiger partial charge in [-0.05, 0) is 24.3 Å². The molecule has 1 aromatic carbocycles. The van der Waals surface area contributed by atoms with Crippen molar-refractivity contribution in [2.45, 2.75) is 12.5 Å². The first-order valence-electron chi connectivity index (χ1n) is 7.06. The molecule has 6 heteroatoms. The third-order valence-corrected chi connectivity index (χ3v) is 3.37. The van der Waals surface area contributed by atoms with E-state index in [1.165, 1.54) is 0 Å². The van der Waals surface area contributed by atoms with Gasteiger partial charge in [-0.3, -0.25) is 9.59 Å². The summed E-state index contributed by atoms with van der Waals surface area (Å²) in [6.45, 7) is 5.03. The molecule has 118 valence electrons. The average molecular weight is 305 g/mol. The maximum absolute atomic E-state index is 12.5. The van der Waals surface area contributed by atoms with Crippen LogP contribution in [-0.2, 0) is 9.53 Å². The lowest BCUT2D eigenvalue weighted by molar-refractivity contribution is -0.139. The Balaban J connectivity index is 2.07. The molecular weight excluding hydrogens is 286 g/mol. The molecule has 0 bridgehead atoms. The first kappa shape index (κ1) is 16.0. The Bertz CT molecular complexity index is 540. The molecule has 1 unspecified atom stereocenters. The van der Waals surface area contributed by atoms with Crippen LogP contribution in [0.4, 0.5) is 0 Å². The number of amides is 1. The maximum atomic E-state index is 12.5. The van der Waals surface area contributed by atoms with E-state index in [2.05, 4.69) is 6.58 Å². The molecule has 2 rings (SSSR count). The van der Waals surface area contributed by atoms with Gasteiger partial charge in [0.15, 0.2) is 0 Å². The number of hydrogen-bond donors (Lipinski definition) is 1. The van der Waals surface area contributed by atoms with E-state index in [9.17, 15) is 9.59 Å². The molecule has 1 saturated heterocycles. The highest BCUT2D eigenvalue weighted by Gasteiger charge is 2.29. The fourth-order valence-corrected chi connectivity index (χ4v) is 2.31. The van der Waals surface area contributed by atoms with E-state index in [-0.39, 0.29) is 18.9 Å². The van der Waals surface area contributed by atoms with Crippen LogP contribution in [0.3, 0.4) is 0 Å². The SMILES string of the molecule is C=CCOc1ccc(C(=O)N2CCOCC2CC(=O)O)cc1. The molecule has 0 aliphatic carbocycles. The van der Waals surface area contributed by atoms with Crippen molar-refractivity contribution in [1.82, 2.24) is 4.90 Å². The predicted octanol–water partition coefficient (Wildman–Crippen LogP) is 1.57. The zero-order valence-electron chi connectivity index (χ0n) is 12.2. The van der Waals surface area contributed by atoms with E-state index in [0.29, 0.717) is 31.1 Å². The van der Waals surface area contributed by atoms with Crippen molar-refractivity contribution < 1.29 is 24.2 Å². The Morgan fingerprint density at radius 2 is 2.14 bits per heavy atom. The molecule has 1 atom stereocenters. The number of carbonyl (C=O) groups excluding carboxylic acids is 1. The summed E-state index contributed by atoms with van der Waals surface area (Å²) in [5.74, 6) is -0.480. The zero-order chi connectivity index (χ0) is 15.9. The number of hydrogen-bond acceptors (Lipinski definition) is 4.